The van der Waals surface area contributed by atoms with Crippen LogP contribution in [0.15, 0.2) is 46.9 Å². The van der Waals surface area contributed by atoms with Crippen LogP contribution in [0.5, 0.6) is 5.75 Å². The van der Waals surface area contributed by atoms with E-state index < -0.39 is 0 Å². The number of nitrogens with zero attached hydrogens (tertiary/aromatic N) is 5. The molecule has 0 unspecified atom stereocenters. The number of amides is 4. The summed E-state index contributed by atoms with van der Waals surface area (Å²) < 4.78 is 5.43. The monoisotopic (exact) mass is 754 g/mol. The average molecular weight is 756 g/mol. The van der Waals surface area contributed by atoms with Gasteiger partial charge in [-0.25, -0.2) is 9.59 Å². The van der Waals surface area contributed by atoms with E-state index >= 15 is 0 Å². The van der Waals surface area contributed by atoms with E-state index in [0.29, 0.717) is 36.6 Å². The highest BCUT2D eigenvalue weighted by Crippen LogP contribution is 2.27. The fourth-order valence-corrected chi connectivity index (χ4v) is 8.22. The van der Waals surface area contributed by atoms with E-state index in [1.165, 1.54) is 51.6 Å². The number of halogens is 1. The fraction of sp³-hybridized carbons (Fsp3) is 0.605. The number of para-hydroxylation sites is 1. The van der Waals surface area contributed by atoms with Gasteiger partial charge in [-0.3, -0.25) is 9.69 Å². The van der Waals surface area contributed by atoms with Crippen LogP contribution in [0.1, 0.15) is 57.1 Å². The maximum Gasteiger partial charge on any atom is 0.409 e. The standard InChI is InChI=1S/C22H34BrN3O2.C16H21N3O3/c1-3-8-24-9-6-19(7-10-24)25-11-13-26(14-12-25)22(28)17(2)15-18-4-5-21(27)20(23)16-18;1-22-16(21)18-9-7-13(8-10-18)19-11-6-12-4-2-3-5-14(12)17-15(19)20/h4-5,16-17,19,27H,3,6-15H2,1-2H3;2-5,13H,6-11H2,1H3,(H,17,20)/t17-;/m1./s1. The Morgan fingerprint density at radius 2 is 1.60 bits per heavy atom. The van der Waals surface area contributed by atoms with Gasteiger partial charge in [0.15, 0.2) is 0 Å². The average Bonchev–Trinajstić information content (AvgIpc) is 3.31. The van der Waals surface area contributed by atoms with Crippen LogP contribution < -0.4 is 5.32 Å². The first-order valence-corrected chi connectivity index (χ1v) is 19.2. The number of carbonyl (C=O) groups excluding carboxylic acids is 3. The topological polar surface area (TPSA) is 109 Å². The van der Waals surface area contributed by atoms with Crippen LogP contribution in [-0.2, 0) is 22.4 Å². The molecular formula is C38H55BrN6O5. The van der Waals surface area contributed by atoms with Crippen LogP contribution in [-0.4, -0.2) is 132 Å². The molecule has 50 heavy (non-hydrogen) atoms. The fourth-order valence-electron chi connectivity index (χ4n) is 7.79. The van der Waals surface area contributed by atoms with Crippen LogP contribution >= 0.6 is 15.9 Å². The molecule has 6 rings (SSSR count). The number of piperidine rings is 2. The van der Waals surface area contributed by atoms with Gasteiger partial charge < -0.3 is 34.8 Å². The maximum absolute atomic E-state index is 12.9. The number of phenols is 1. The lowest BCUT2D eigenvalue weighted by Gasteiger charge is -2.43. The Labute approximate surface area is 306 Å². The molecule has 1 atom stereocenters. The molecule has 2 aromatic carbocycles. The number of aromatic hydroxyl groups is 1. The van der Waals surface area contributed by atoms with Crippen LogP contribution in [0.2, 0.25) is 0 Å². The lowest BCUT2D eigenvalue weighted by Crippen LogP contribution is -2.55. The molecule has 0 bridgehead atoms. The van der Waals surface area contributed by atoms with Crippen molar-refractivity contribution in [3.63, 3.8) is 0 Å². The molecule has 4 aliphatic rings. The molecule has 0 saturated carbocycles. The number of ether oxygens (including phenoxy) is 1. The van der Waals surface area contributed by atoms with Crippen LogP contribution in [0.3, 0.4) is 0 Å². The number of urea groups is 1. The molecule has 12 heteroatoms. The van der Waals surface area contributed by atoms with Gasteiger partial charge in [-0.05, 0) is 110 Å². The summed E-state index contributed by atoms with van der Waals surface area (Å²) in [6.07, 6.45) is 6.62. The van der Waals surface area contributed by atoms with E-state index in [4.69, 9.17) is 4.74 Å². The van der Waals surface area contributed by atoms with Gasteiger partial charge in [0, 0.05) is 69.5 Å². The van der Waals surface area contributed by atoms with Crippen molar-refractivity contribution in [1.29, 1.82) is 0 Å². The largest absolute Gasteiger partial charge is 0.507 e. The minimum Gasteiger partial charge on any atom is -0.507 e. The number of carbonyl (C=O) groups is 3. The van der Waals surface area contributed by atoms with Crippen molar-refractivity contribution in [2.24, 2.45) is 5.92 Å². The van der Waals surface area contributed by atoms with Crippen molar-refractivity contribution >= 4 is 39.6 Å². The molecule has 0 aliphatic carbocycles. The molecule has 0 aromatic heterocycles. The van der Waals surface area contributed by atoms with Gasteiger partial charge in [-0.1, -0.05) is 38.1 Å². The van der Waals surface area contributed by atoms with Crippen LogP contribution in [0.25, 0.3) is 0 Å². The first-order valence-electron chi connectivity index (χ1n) is 18.4. The summed E-state index contributed by atoms with van der Waals surface area (Å²) in [6, 6.07) is 14.2. The second kappa shape index (κ2) is 18.2. The summed E-state index contributed by atoms with van der Waals surface area (Å²) in [4.78, 5) is 47.7. The van der Waals surface area contributed by atoms with E-state index in [0.717, 1.165) is 56.7 Å². The van der Waals surface area contributed by atoms with Crippen molar-refractivity contribution in [3.05, 3.63) is 58.1 Å². The summed E-state index contributed by atoms with van der Waals surface area (Å²) >= 11 is 3.35. The molecule has 2 aromatic rings. The Balaban J connectivity index is 0.000000200. The number of anilines is 1. The molecule has 4 aliphatic heterocycles. The van der Waals surface area contributed by atoms with Gasteiger partial charge in [-0.2, -0.15) is 0 Å². The number of likely N-dealkylation sites (tertiary alicyclic amines) is 2. The smallest absolute Gasteiger partial charge is 0.409 e. The maximum atomic E-state index is 12.9. The first-order chi connectivity index (χ1) is 24.2. The molecule has 4 amide bonds. The molecular weight excluding hydrogens is 700 g/mol. The summed E-state index contributed by atoms with van der Waals surface area (Å²) in [5.74, 6) is 0.446. The zero-order chi connectivity index (χ0) is 35.6. The van der Waals surface area contributed by atoms with Gasteiger partial charge in [0.05, 0.1) is 11.6 Å². The first kappa shape index (κ1) is 37.9. The van der Waals surface area contributed by atoms with Crippen LogP contribution in [0.4, 0.5) is 15.3 Å². The van der Waals surface area contributed by atoms with Gasteiger partial charge in [0.1, 0.15) is 5.75 Å². The third kappa shape index (κ3) is 9.91. The summed E-state index contributed by atoms with van der Waals surface area (Å²) in [5, 5.41) is 12.6. The van der Waals surface area contributed by atoms with Crippen molar-refractivity contribution in [1.82, 2.24) is 24.5 Å². The lowest BCUT2D eigenvalue weighted by molar-refractivity contribution is -0.137. The minimum absolute atomic E-state index is 0.0403. The Bertz CT molecular complexity index is 1440. The van der Waals surface area contributed by atoms with E-state index in [-0.39, 0.29) is 35.7 Å². The Morgan fingerprint density at radius 3 is 2.26 bits per heavy atom. The van der Waals surface area contributed by atoms with Gasteiger partial charge >= 0.3 is 12.1 Å². The highest BCUT2D eigenvalue weighted by atomic mass is 79.9. The minimum atomic E-state index is -0.286. The normalized spacial score (nSPS) is 20.2. The number of hydrogen-bond acceptors (Lipinski definition) is 7. The predicted molar refractivity (Wildman–Crippen MR) is 199 cm³/mol. The number of rotatable bonds is 7. The molecule has 0 radical (unpaired) electrons. The summed E-state index contributed by atoms with van der Waals surface area (Å²) in [5.41, 5.74) is 3.15. The number of methoxy groups -OCH3 is 1. The molecule has 2 N–H and O–H groups in total. The lowest BCUT2D eigenvalue weighted by atomic mass is 9.98. The number of piperazine rings is 1. The molecule has 0 spiro atoms. The number of fused-ring (bicyclic) bond motifs is 1. The molecule has 3 saturated heterocycles. The Kier molecular flexibility index (Phi) is 13.8. The molecule has 4 heterocycles. The van der Waals surface area contributed by atoms with Gasteiger partial charge in [-0.15, -0.1) is 0 Å². The van der Waals surface area contributed by atoms with Crippen molar-refractivity contribution in [3.8, 4) is 5.75 Å². The second-order valence-electron chi connectivity index (χ2n) is 14.0. The zero-order valence-electron chi connectivity index (χ0n) is 30.0. The van der Waals surface area contributed by atoms with E-state index in [1.54, 1.807) is 11.0 Å². The Morgan fingerprint density at radius 1 is 0.920 bits per heavy atom. The SMILES string of the molecule is CCCN1CCC(N2CCN(C(=O)[C@H](C)Cc3ccc(O)c(Br)c3)CC2)CC1.COC(=O)N1CCC(N2CCc3ccccc3NC2=O)CC1. The van der Waals surface area contributed by atoms with Gasteiger partial charge in [0.2, 0.25) is 5.91 Å². The van der Waals surface area contributed by atoms with E-state index in [9.17, 15) is 19.5 Å². The third-order valence-corrected chi connectivity index (χ3v) is 11.3. The molecule has 274 valence electrons. The highest BCUT2D eigenvalue weighted by Gasteiger charge is 2.32. The zero-order valence-corrected chi connectivity index (χ0v) is 31.6. The van der Waals surface area contributed by atoms with E-state index in [2.05, 4.69) is 44.0 Å². The highest BCUT2D eigenvalue weighted by molar-refractivity contribution is 9.10. The second-order valence-corrected chi connectivity index (χ2v) is 14.9. The number of nitrogens with one attached hydrogen (secondary N) is 1. The number of hydrogen-bond donors (Lipinski definition) is 2. The summed E-state index contributed by atoms with van der Waals surface area (Å²) in [7, 11) is 1.40. The molecule has 3 fully saturated rings. The van der Waals surface area contributed by atoms with Crippen LogP contribution in [0, 0.1) is 5.92 Å². The van der Waals surface area contributed by atoms with Crippen molar-refractivity contribution in [2.75, 3.05) is 77.9 Å². The predicted octanol–water partition coefficient (Wildman–Crippen LogP) is 5.66. The molecule has 11 nitrogen and oxygen atoms in total. The number of phenolic OH excluding ortho intramolecular Hbond substituents is 1. The Hall–Kier alpha value is -3.35. The number of benzene rings is 2. The quantitative estimate of drug-likeness (QED) is 0.376. The van der Waals surface area contributed by atoms with E-state index in [1.807, 2.05) is 47.1 Å². The van der Waals surface area contributed by atoms with Gasteiger partial charge in [0.25, 0.3) is 0 Å². The van der Waals surface area contributed by atoms with Crippen molar-refractivity contribution < 1.29 is 24.2 Å². The third-order valence-electron chi connectivity index (χ3n) is 10.7. The van der Waals surface area contributed by atoms with Crippen molar-refractivity contribution in [2.45, 2.75) is 70.9 Å². The summed E-state index contributed by atoms with van der Waals surface area (Å²) in [6.45, 7) is 13.6.